The van der Waals surface area contributed by atoms with Gasteiger partial charge in [-0.15, -0.1) is 0 Å². The number of carbonyl (C=O) groups is 1. The highest BCUT2D eigenvalue weighted by Gasteiger charge is 2.08. The Balaban J connectivity index is 2.15. The minimum atomic E-state index is -0.417. The maximum Gasteiger partial charge on any atom is 0.345 e. The first-order valence-electron chi connectivity index (χ1n) is 4.63. The lowest BCUT2D eigenvalue weighted by Crippen LogP contribution is -2.08. The van der Waals surface area contributed by atoms with Crippen molar-refractivity contribution in [3.8, 4) is 5.75 Å². The molecule has 0 amide bonds. The lowest BCUT2D eigenvalue weighted by Gasteiger charge is -2.03. The summed E-state index contributed by atoms with van der Waals surface area (Å²) >= 11 is 3.25. The van der Waals surface area contributed by atoms with Gasteiger partial charge >= 0.3 is 5.97 Å². The predicted molar refractivity (Wildman–Crippen MR) is 63.3 cm³/mol. The van der Waals surface area contributed by atoms with E-state index >= 15 is 0 Å². The van der Waals surface area contributed by atoms with Crippen LogP contribution in [-0.2, 0) is 0 Å². The van der Waals surface area contributed by atoms with Gasteiger partial charge in [-0.1, -0.05) is 18.2 Å². The van der Waals surface area contributed by atoms with Crippen molar-refractivity contribution < 1.29 is 9.53 Å². The molecule has 4 heteroatoms. The quantitative estimate of drug-likeness (QED) is 0.626. The standard InChI is InChI=1S/C12H8BrNO2/c13-10-6-9(7-14-8-10)12(15)16-11-4-2-1-3-5-11/h1-8H. The highest BCUT2D eigenvalue weighted by atomic mass is 79.9. The van der Waals surface area contributed by atoms with Crippen LogP contribution in [0.2, 0.25) is 0 Å². The maximum absolute atomic E-state index is 11.7. The molecule has 0 radical (unpaired) electrons. The number of ether oxygens (including phenoxy) is 1. The van der Waals surface area contributed by atoms with Crippen molar-refractivity contribution in [2.75, 3.05) is 0 Å². The van der Waals surface area contributed by atoms with Crippen LogP contribution in [0.25, 0.3) is 0 Å². The molecule has 1 aromatic heterocycles. The third-order valence-electron chi connectivity index (χ3n) is 1.89. The molecule has 0 aliphatic carbocycles. The summed E-state index contributed by atoms with van der Waals surface area (Å²) in [4.78, 5) is 15.6. The van der Waals surface area contributed by atoms with E-state index in [-0.39, 0.29) is 0 Å². The zero-order valence-corrected chi connectivity index (χ0v) is 9.85. The van der Waals surface area contributed by atoms with Crippen molar-refractivity contribution >= 4 is 21.9 Å². The second-order valence-electron chi connectivity index (χ2n) is 3.09. The Labute approximate surface area is 101 Å². The van der Waals surface area contributed by atoms with Gasteiger partial charge in [-0.25, -0.2) is 4.79 Å². The number of rotatable bonds is 2. The van der Waals surface area contributed by atoms with E-state index in [4.69, 9.17) is 4.74 Å². The molecule has 0 unspecified atom stereocenters. The van der Waals surface area contributed by atoms with Crippen LogP contribution < -0.4 is 4.74 Å². The number of esters is 1. The Kier molecular flexibility index (Phi) is 3.31. The number of para-hydroxylation sites is 1. The lowest BCUT2D eigenvalue weighted by atomic mass is 10.3. The van der Waals surface area contributed by atoms with Crippen molar-refractivity contribution in [2.24, 2.45) is 0 Å². The minimum absolute atomic E-state index is 0.415. The summed E-state index contributed by atoms with van der Waals surface area (Å²) in [7, 11) is 0. The monoisotopic (exact) mass is 277 g/mol. The van der Waals surface area contributed by atoms with E-state index in [9.17, 15) is 4.79 Å². The van der Waals surface area contributed by atoms with E-state index in [2.05, 4.69) is 20.9 Å². The molecule has 3 nitrogen and oxygen atoms in total. The van der Waals surface area contributed by atoms with Crippen LogP contribution in [0.1, 0.15) is 10.4 Å². The first-order chi connectivity index (χ1) is 7.75. The van der Waals surface area contributed by atoms with Gasteiger partial charge in [0.25, 0.3) is 0 Å². The summed E-state index contributed by atoms with van der Waals surface area (Å²) in [5.74, 6) is 0.104. The molecule has 0 fully saturated rings. The Morgan fingerprint density at radius 1 is 1.19 bits per heavy atom. The average Bonchev–Trinajstić information content (AvgIpc) is 2.30. The number of benzene rings is 1. The van der Waals surface area contributed by atoms with Gasteiger partial charge in [-0.05, 0) is 34.1 Å². The summed E-state index contributed by atoms with van der Waals surface area (Å²) in [6.07, 6.45) is 3.08. The van der Waals surface area contributed by atoms with Crippen molar-refractivity contribution in [1.29, 1.82) is 0 Å². The predicted octanol–water partition coefficient (Wildman–Crippen LogP) is 3.06. The zero-order chi connectivity index (χ0) is 11.4. The Bertz CT molecular complexity index is 499. The number of carbonyl (C=O) groups excluding carboxylic acids is 1. The van der Waals surface area contributed by atoms with Crippen molar-refractivity contribution in [3.63, 3.8) is 0 Å². The molecule has 1 aromatic carbocycles. The molecule has 0 saturated heterocycles. The molecule has 0 atom stereocenters. The molecular weight excluding hydrogens is 270 g/mol. The topological polar surface area (TPSA) is 39.2 Å². The van der Waals surface area contributed by atoms with Crippen LogP contribution in [0.4, 0.5) is 0 Å². The van der Waals surface area contributed by atoms with Crippen LogP contribution in [-0.4, -0.2) is 11.0 Å². The van der Waals surface area contributed by atoms with E-state index in [1.807, 2.05) is 18.2 Å². The van der Waals surface area contributed by atoms with Gasteiger partial charge in [0.1, 0.15) is 5.75 Å². The van der Waals surface area contributed by atoms with Gasteiger partial charge < -0.3 is 4.74 Å². The second kappa shape index (κ2) is 4.90. The molecule has 2 aromatic rings. The molecule has 0 bridgehead atoms. The lowest BCUT2D eigenvalue weighted by molar-refractivity contribution is 0.0734. The van der Waals surface area contributed by atoms with Crippen LogP contribution in [0.15, 0.2) is 53.3 Å². The summed E-state index contributed by atoms with van der Waals surface area (Å²) < 4.78 is 5.90. The average molecular weight is 278 g/mol. The molecule has 0 saturated carbocycles. The number of pyridine rings is 1. The molecule has 0 N–H and O–H groups in total. The van der Waals surface area contributed by atoms with Crippen LogP contribution in [0.3, 0.4) is 0 Å². The molecule has 16 heavy (non-hydrogen) atoms. The molecular formula is C12H8BrNO2. The fraction of sp³-hybridized carbons (Fsp3) is 0. The molecule has 2 rings (SSSR count). The van der Waals surface area contributed by atoms with Crippen molar-refractivity contribution in [1.82, 2.24) is 4.98 Å². The van der Waals surface area contributed by atoms with E-state index in [0.717, 1.165) is 4.47 Å². The smallest absolute Gasteiger partial charge is 0.345 e. The summed E-state index contributed by atoms with van der Waals surface area (Å²) in [5.41, 5.74) is 0.415. The largest absolute Gasteiger partial charge is 0.423 e. The van der Waals surface area contributed by atoms with Crippen molar-refractivity contribution in [2.45, 2.75) is 0 Å². The first kappa shape index (κ1) is 10.8. The van der Waals surface area contributed by atoms with Gasteiger partial charge in [-0.3, -0.25) is 4.98 Å². The number of nitrogens with zero attached hydrogens (tertiary/aromatic N) is 1. The maximum atomic E-state index is 11.7. The van der Waals surface area contributed by atoms with Gasteiger partial charge in [0.05, 0.1) is 5.56 Å². The van der Waals surface area contributed by atoms with E-state index in [1.54, 1.807) is 24.4 Å². The Morgan fingerprint density at radius 2 is 1.94 bits per heavy atom. The zero-order valence-electron chi connectivity index (χ0n) is 8.26. The summed E-state index contributed by atoms with van der Waals surface area (Å²) in [6, 6.07) is 10.6. The highest BCUT2D eigenvalue weighted by molar-refractivity contribution is 9.10. The number of hydrogen-bond donors (Lipinski definition) is 0. The molecule has 0 spiro atoms. The van der Waals surface area contributed by atoms with Gasteiger partial charge in [-0.2, -0.15) is 0 Å². The number of halogens is 1. The normalized spacial score (nSPS) is 9.81. The molecule has 0 aliphatic rings. The first-order valence-corrected chi connectivity index (χ1v) is 5.43. The van der Waals surface area contributed by atoms with Gasteiger partial charge in [0.2, 0.25) is 0 Å². The van der Waals surface area contributed by atoms with Gasteiger partial charge in [0, 0.05) is 16.9 Å². The second-order valence-corrected chi connectivity index (χ2v) is 4.01. The molecule has 0 aliphatic heterocycles. The summed E-state index contributed by atoms with van der Waals surface area (Å²) in [6.45, 7) is 0. The minimum Gasteiger partial charge on any atom is -0.423 e. The van der Waals surface area contributed by atoms with Crippen LogP contribution >= 0.6 is 15.9 Å². The highest BCUT2D eigenvalue weighted by Crippen LogP contribution is 2.14. The fourth-order valence-corrected chi connectivity index (χ4v) is 1.54. The SMILES string of the molecule is O=C(Oc1ccccc1)c1cncc(Br)c1. The van der Waals surface area contributed by atoms with E-state index in [1.165, 1.54) is 6.20 Å². The Hall–Kier alpha value is -1.68. The third kappa shape index (κ3) is 2.67. The molecule has 1 heterocycles. The van der Waals surface area contributed by atoms with Crippen molar-refractivity contribution in [3.05, 3.63) is 58.8 Å². The van der Waals surface area contributed by atoms with Crippen LogP contribution in [0, 0.1) is 0 Å². The number of hydrogen-bond acceptors (Lipinski definition) is 3. The molecule has 80 valence electrons. The third-order valence-corrected chi connectivity index (χ3v) is 2.33. The van der Waals surface area contributed by atoms with Gasteiger partial charge in [0.15, 0.2) is 0 Å². The summed E-state index contributed by atoms with van der Waals surface area (Å²) in [5, 5.41) is 0. The van der Waals surface area contributed by atoms with Crippen LogP contribution in [0.5, 0.6) is 5.75 Å². The fourth-order valence-electron chi connectivity index (χ4n) is 1.18. The number of aromatic nitrogens is 1. The van der Waals surface area contributed by atoms with E-state index in [0.29, 0.717) is 11.3 Å². The Morgan fingerprint density at radius 3 is 2.62 bits per heavy atom. The van der Waals surface area contributed by atoms with E-state index < -0.39 is 5.97 Å².